The average Bonchev–Trinajstić information content (AvgIpc) is 2.84. The van der Waals surface area contributed by atoms with Crippen molar-refractivity contribution in [2.45, 2.75) is 52.5 Å². The largest absolute Gasteiger partial charge is 0.395 e. The SMILES string of the molecule is CC(C)(C)C(=O)NCC(=O)N(CCO)C1CCCC1. The van der Waals surface area contributed by atoms with E-state index in [0.29, 0.717) is 6.54 Å². The Morgan fingerprint density at radius 1 is 1.26 bits per heavy atom. The first-order chi connectivity index (χ1) is 8.86. The molecule has 110 valence electrons. The van der Waals surface area contributed by atoms with Crippen LogP contribution in [-0.2, 0) is 9.59 Å². The lowest BCUT2D eigenvalue weighted by Crippen LogP contribution is -2.47. The molecule has 0 aromatic rings. The molecule has 5 nitrogen and oxygen atoms in total. The van der Waals surface area contributed by atoms with E-state index >= 15 is 0 Å². The van der Waals surface area contributed by atoms with Crippen molar-refractivity contribution in [3.8, 4) is 0 Å². The maximum Gasteiger partial charge on any atom is 0.242 e. The Morgan fingerprint density at radius 3 is 2.32 bits per heavy atom. The van der Waals surface area contributed by atoms with Crippen LogP contribution in [0.15, 0.2) is 0 Å². The molecular weight excluding hydrogens is 244 g/mol. The van der Waals surface area contributed by atoms with Gasteiger partial charge in [0.25, 0.3) is 0 Å². The number of hydrogen-bond acceptors (Lipinski definition) is 3. The van der Waals surface area contributed by atoms with Gasteiger partial charge >= 0.3 is 0 Å². The molecule has 0 spiro atoms. The number of carbonyl (C=O) groups is 2. The monoisotopic (exact) mass is 270 g/mol. The first-order valence-corrected chi connectivity index (χ1v) is 7.05. The summed E-state index contributed by atoms with van der Waals surface area (Å²) in [5.41, 5.74) is -0.491. The van der Waals surface area contributed by atoms with Crippen molar-refractivity contribution in [3.63, 3.8) is 0 Å². The molecule has 1 aliphatic carbocycles. The lowest BCUT2D eigenvalue weighted by Gasteiger charge is -2.29. The molecule has 5 heteroatoms. The van der Waals surface area contributed by atoms with Crippen molar-refractivity contribution in [2.24, 2.45) is 5.41 Å². The maximum absolute atomic E-state index is 12.2. The number of nitrogens with one attached hydrogen (secondary N) is 1. The molecule has 0 bridgehead atoms. The van der Waals surface area contributed by atoms with Gasteiger partial charge in [0.15, 0.2) is 0 Å². The summed E-state index contributed by atoms with van der Waals surface area (Å²) in [6.45, 7) is 5.79. The summed E-state index contributed by atoms with van der Waals surface area (Å²) in [6, 6.07) is 0.228. The van der Waals surface area contributed by atoms with Gasteiger partial charge in [-0.15, -0.1) is 0 Å². The quantitative estimate of drug-likeness (QED) is 0.780. The summed E-state index contributed by atoms with van der Waals surface area (Å²) in [6.07, 6.45) is 4.26. The molecule has 0 heterocycles. The third-order valence-electron chi connectivity index (χ3n) is 3.51. The minimum absolute atomic E-state index is 0.0204. The summed E-state index contributed by atoms with van der Waals surface area (Å²) < 4.78 is 0. The summed E-state index contributed by atoms with van der Waals surface area (Å²) in [5, 5.41) is 11.7. The highest BCUT2D eigenvalue weighted by Crippen LogP contribution is 2.23. The number of aliphatic hydroxyl groups is 1. The van der Waals surface area contributed by atoms with E-state index in [0.717, 1.165) is 25.7 Å². The molecule has 0 saturated heterocycles. The second kappa shape index (κ2) is 6.89. The summed E-state index contributed by atoms with van der Waals surface area (Å²) in [4.78, 5) is 25.6. The Kier molecular flexibility index (Phi) is 5.79. The van der Waals surface area contributed by atoms with Crippen molar-refractivity contribution >= 4 is 11.8 Å². The van der Waals surface area contributed by atoms with Gasteiger partial charge in [0.2, 0.25) is 11.8 Å². The molecule has 1 rings (SSSR count). The highest BCUT2D eigenvalue weighted by Gasteiger charge is 2.27. The predicted octanol–water partition coefficient (Wildman–Crippen LogP) is 0.912. The van der Waals surface area contributed by atoms with E-state index in [1.807, 2.05) is 20.8 Å². The lowest BCUT2D eigenvalue weighted by molar-refractivity contribution is -0.137. The van der Waals surface area contributed by atoms with E-state index in [9.17, 15) is 9.59 Å². The second-order valence-electron chi connectivity index (χ2n) is 6.18. The fourth-order valence-corrected chi connectivity index (χ4v) is 2.36. The van der Waals surface area contributed by atoms with Crippen LogP contribution in [0, 0.1) is 5.41 Å². The Hall–Kier alpha value is -1.10. The number of nitrogens with zero attached hydrogens (tertiary/aromatic N) is 1. The number of aliphatic hydroxyl groups excluding tert-OH is 1. The smallest absolute Gasteiger partial charge is 0.242 e. The molecule has 2 N–H and O–H groups in total. The maximum atomic E-state index is 12.2. The molecule has 0 aliphatic heterocycles. The van der Waals surface area contributed by atoms with Crippen LogP contribution in [0.3, 0.4) is 0 Å². The molecule has 2 amide bonds. The van der Waals surface area contributed by atoms with Crippen molar-refractivity contribution in [3.05, 3.63) is 0 Å². The Labute approximate surface area is 115 Å². The van der Waals surface area contributed by atoms with E-state index in [1.165, 1.54) is 0 Å². The molecule has 1 saturated carbocycles. The van der Waals surface area contributed by atoms with Crippen LogP contribution >= 0.6 is 0 Å². The highest BCUT2D eigenvalue weighted by molar-refractivity contribution is 5.87. The van der Waals surface area contributed by atoms with Gasteiger partial charge in [-0.1, -0.05) is 33.6 Å². The van der Waals surface area contributed by atoms with E-state index in [-0.39, 0.29) is 31.0 Å². The summed E-state index contributed by atoms with van der Waals surface area (Å²) in [5.74, 6) is -0.227. The van der Waals surface area contributed by atoms with Crippen LogP contribution in [0.1, 0.15) is 46.5 Å². The van der Waals surface area contributed by atoms with Crippen LogP contribution in [0.2, 0.25) is 0 Å². The van der Waals surface area contributed by atoms with Crippen LogP contribution < -0.4 is 5.32 Å². The molecule has 0 unspecified atom stereocenters. The molecule has 19 heavy (non-hydrogen) atoms. The predicted molar refractivity (Wildman–Crippen MR) is 73.5 cm³/mol. The second-order valence-corrected chi connectivity index (χ2v) is 6.18. The lowest BCUT2D eigenvalue weighted by atomic mass is 9.96. The molecule has 0 aromatic carbocycles. The standard InChI is InChI=1S/C14H26N2O3/c1-14(2,3)13(19)15-10-12(18)16(8-9-17)11-6-4-5-7-11/h11,17H,4-10H2,1-3H3,(H,15,19). The van der Waals surface area contributed by atoms with Crippen LogP contribution in [-0.4, -0.2) is 47.6 Å². The molecule has 1 aliphatic rings. The van der Waals surface area contributed by atoms with E-state index in [4.69, 9.17) is 5.11 Å². The molecular formula is C14H26N2O3. The van der Waals surface area contributed by atoms with Crippen molar-refractivity contribution < 1.29 is 14.7 Å². The van der Waals surface area contributed by atoms with Crippen LogP contribution in [0.25, 0.3) is 0 Å². The third-order valence-corrected chi connectivity index (χ3v) is 3.51. The number of carbonyl (C=O) groups excluding carboxylic acids is 2. The number of hydrogen-bond donors (Lipinski definition) is 2. The van der Waals surface area contributed by atoms with Gasteiger partial charge in [-0.25, -0.2) is 0 Å². The van der Waals surface area contributed by atoms with Gasteiger partial charge in [0.05, 0.1) is 13.2 Å². The minimum atomic E-state index is -0.491. The Morgan fingerprint density at radius 2 is 1.84 bits per heavy atom. The van der Waals surface area contributed by atoms with Crippen LogP contribution in [0.4, 0.5) is 0 Å². The van der Waals surface area contributed by atoms with Gasteiger partial charge < -0.3 is 15.3 Å². The van der Waals surface area contributed by atoms with Crippen LogP contribution in [0.5, 0.6) is 0 Å². The van der Waals surface area contributed by atoms with Gasteiger partial charge in [-0.05, 0) is 12.8 Å². The number of amides is 2. The van der Waals surface area contributed by atoms with Gasteiger partial charge in [0.1, 0.15) is 0 Å². The first-order valence-electron chi connectivity index (χ1n) is 7.05. The Bertz CT molecular complexity index is 317. The molecule has 1 fully saturated rings. The zero-order valence-corrected chi connectivity index (χ0v) is 12.2. The average molecular weight is 270 g/mol. The normalized spacial score (nSPS) is 16.4. The zero-order valence-electron chi connectivity index (χ0n) is 12.2. The highest BCUT2D eigenvalue weighted by atomic mass is 16.3. The summed E-state index contributed by atoms with van der Waals surface area (Å²) in [7, 11) is 0. The van der Waals surface area contributed by atoms with E-state index in [2.05, 4.69) is 5.32 Å². The number of rotatable bonds is 5. The topological polar surface area (TPSA) is 69.6 Å². The molecule has 0 radical (unpaired) electrons. The first kappa shape index (κ1) is 16.0. The fourth-order valence-electron chi connectivity index (χ4n) is 2.36. The molecule has 0 aromatic heterocycles. The fraction of sp³-hybridized carbons (Fsp3) is 0.857. The zero-order chi connectivity index (χ0) is 14.5. The van der Waals surface area contributed by atoms with Gasteiger partial charge in [-0.3, -0.25) is 9.59 Å². The Balaban J connectivity index is 2.50. The van der Waals surface area contributed by atoms with E-state index in [1.54, 1.807) is 4.90 Å². The minimum Gasteiger partial charge on any atom is -0.395 e. The van der Waals surface area contributed by atoms with Gasteiger partial charge in [0, 0.05) is 18.0 Å². The summed E-state index contributed by atoms with van der Waals surface area (Å²) >= 11 is 0. The third kappa shape index (κ3) is 4.82. The molecule has 0 atom stereocenters. The van der Waals surface area contributed by atoms with E-state index < -0.39 is 5.41 Å². The van der Waals surface area contributed by atoms with Crippen molar-refractivity contribution in [1.82, 2.24) is 10.2 Å². The van der Waals surface area contributed by atoms with Crippen molar-refractivity contribution in [1.29, 1.82) is 0 Å². The van der Waals surface area contributed by atoms with Gasteiger partial charge in [-0.2, -0.15) is 0 Å². The van der Waals surface area contributed by atoms with Crippen molar-refractivity contribution in [2.75, 3.05) is 19.7 Å².